The van der Waals surface area contributed by atoms with E-state index in [4.69, 9.17) is 27.1 Å². The van der Waals surface area contributed by atoms with Crippen molar-refractivity contribution in [3.63, 3.8) is 0 Å². The van der Waals surface area contributed by atoms with E-state index in [-0.39, 0.29) is 0 Å². The van der Waals surface area contributed by atoms with Gasteiger partial charge in [-0.3, -0.25) is 4.98 Å². The van der Waals surface area contributed by atoms with Crippen LogP contribution in [0.1, 0.15) is 61.9 Å². The van der Waals surface area contributed by atoms with Gasteiger partial charge in [0.2, 0.25) is 0 Å². The molecule has 0 spiro atoms. The SMILES string of the molecule is CC(=Cc1cc(C)[nH]c1N)c1cc(-c2nc3cc(C)c(C(OC(C)(C)C)C(=O)O)c(-c4ccc(Cl)cc4)c3s2)ccn1. The summed E-state index contributed by atoms with van der Waals surface area (Å²) in [7, 11) is 0. The predicted molar refractivity (Wildman–Crippen MR) is 173 cm³/mol. The number of hydrogen-bond acceptors (Lipinski definition) is 6. The molecule has 0 aliphatic rings. The fourth-order valence-corrected chi connectivity index (χ4v) is 6.25. The molecular weight excluding hydrogens is 568 g/mol. The molecule has 2 aromatic carbocycles. The average molecular weight is 601 g/mol. The number of ether oxygens (including phenoxy) is 1. The number of carboxylic acids is 1. The number of aromatic amines is 1. The number of pyridine rings is 1. The van der Waals surface area contributed by atoms with E-state index >= 15 is 0 Å². The first kappa shape index (κ1) is 29.5. The predicted octanol–water partition coefficient (Wildman–Crippen LogP) is 8.71. The van der Waals surface area contributed by atoms with Gasteiger partial charge in [-0.25, -0.2) is 9.78 Å². The van der Waals surface area contributed by atoms with Crippen molar-refractivity contribution in [2.45, 2.75) is 53.2 Å². The number of carboxylic acid groups (broad SMARTS) is 1. The molecule has 7 nitrogen and oxygen atoms in total. The molecule has 0 amide bonds. The lowest BCUT2D eigenvalue weighted by atomic mass is 9.91. The molecule has 3 heterocycles. The number of thiazole rings is 1. The number of fused-ring (bicyclic) bond motifs is 1. The Labute approximate surface area is 254 Å². The quantitative estimate of drug-likeness (QED) is 0.172. The number of nitrogens with one attached hydrogen (secondary N) is 1. The van der Waals surface area contributed by atoms with Crippen molar-refractivity contribution in [3.8, 4) is 21.7 Å². The number of carbonyl (C=O) groups is 1. The number of aryl methyl sites for hydroxylation is 2. The van der Waals surface area contributed by atoms with Gasteiger partial charge in [-0.1, -0.05) is 23.7 Å². The fraction of sp³-hybridized carbons (Fsp3) is 0.242. The minimum atomic E-state index is -1.17. The Morgan fingerprint density at radius 1 is 1.12 bits per heavy atom. The van der Waals surface area contributed by atoms with Crippen LogP contribution in [0.15, 0.2) is 54.7 Å². The second kappa shape index (κ2) is 11.4. The second-order valence-electron chi connectivity index (χ2n) is 11.4. The summed E-state index contributed by atoms with van der Waals surface area (Å²) < 4.78 is 7.00. The van der Waals surface area contributed by atoms with Crippen molar-refractivity contribution in [1.29, 1.82) is 0 Å². The lowest BCUT2D eigenvalue weighted by Crippen LogP contribution is -2.28. The minimum Gasteiger partial charge on any atom is -0.479 e. The van der Waals surface area contributed by atoms with Crippen molar-refractivity contribution in [1.82, 2.24) is 15.0 Å². The Bertz CT molecular complexity index is 1830. The first-order valence-corrected chi connectivity index (χ1v) is 14.7. The number of nitrogens with zero attached hydrogens (tertiary/aromatic N) is 2. The molecule has 3 aromatic heterocycles. The summed E-state index contributed by atoms with van der Waals surface area (Å²) in [6, 6.07) is 15.3. The van der Waals surface area contributed by atoms with E-state index in [1.54, 1.807) is 18.3 Å². The van der Waals surface area contributed by atoms with Crippen LogP contribution in [0.4, 0.5) is 5.82 Å². The number of allylic oxidation sites excluding steroid dienone is 1. The van der Waals surface area contributed by atoms with E-state index in [0.717, 1.165) is 60.0 Å². The maximum absolute atomic E-state index is 12.6. The first-order chi connectivity index (χ1) is 19.8. The maximum atomic E-state index is 12.6. The number of anilines is 1. The van der Waals surface area contributed by atoms with E-state index in [1.807, 2.05) is 84.0 Å². The fourth-order valence-electron chi connectivity index (χ4n) is 5.00. The molecule has 5 aromatic rings. The van der Waals surface area contributed by atoms with Gasteiger partial charge in [-0.2, -0.15) is 0 Å². The molecule has 0 saturated carbocycles. The van der Waals surface area contributed by atoms with Gasteiger partial charge in [0.15, 0.2) is 6.10 Å². The largest absolute Gasteiger partial charge is 0.479 e. The molecule has 5 rings (SSSR count). The molecule has 1 unspecified atom stereocenters. The number of hydrogen-bond donors (Lipinski definition) is 3. The van der Waals surface area contributed by atoms with E-state index < -0.39 is 17.7 Å². The normalized spacial score (nSPS) is 13.1. The third-order valence-electron chi connectivity index (χ3n) is 6.82. The molecule has 9 heteroatoms. The Kier molecular flexibility index (Phi) is 7.98. The smallest absolute Gasteiger partial charge is 0.337 e. The lowest BCUT2D eigenvalue weighted by Gasteiger charge is -2.28. The molecule has 42 heavy (non-hydrogen) atoms. The molecule has 0 saturated heterocycles. The summed E-state index contributed by atoms with van der Waals surface area (Å²) in [6.07, 6.45) is 2.61. The molecule has 0 radical (unpaired) electrons. The van der Waals surface area contributed by atoms with Gasteiger partial charge in [-0.05, 0) is 101 Å². The van der Waals surface area contributed by atoms with Crippen LogP contribution in [0.5, 0.6) is 0 Å². The molecule has 0 fully saturated rings. The minimum absolute atomic E-state index is 0.596. The molecule has 0 aliphatic carbocycles. The third-order valence-corrected chi connectivity index (χ3v) is 8.21. The number of aliphatic carboxylic acids is 1. The number of aromatic nitrogens is 3. The third kappa shape index (κ3) is 6.11. The van der Waals surface area contributed by atoms with Gasteiger partial charge >= 0.3 is 5.97 Å². The molecule has 0 bridgehead atoms. The first-order valence-electron chi connectivity index (χ1n) is 13.5. The second-order valence-corrected chi connectivity index (χ2v) is 12.8. The maximum Gasteiger partial charge on any atom is 0.337 e. The van der Waals surface area contributed by atoms with E-state index in [1.165, 1.54) is 11.3 Å². The van der Waals surface area contributed by atoms with Crippen molar-refractivity contribution in [2.24, 2.45) is 0 Å². The van der Waals surface area contributed by atoms with Crippen LogP contribution in [-0.2, 0) is 9.53 Å². The Hall–Kier alpha value is -3.98. The van der Waals surface area contributed by atoms with Crippen LogP contribution in [0.25, 0.3) is 43.6 Å². The molecule has 216 valence electrons. The van der Waals surface area contributed by atoms with Crippen molar-refractivity contribution in [2.75, 3.05) is 5.73 Å². The van der Waals surface area contributed by atoms with Gasteiger partial charge < -0.3 is 20.6 Å². The van der Waals surface area contributed by atoms with E-state index in [9.17, 15) is 9.90 Å². The summed E-state index contributed by atoms with van der Waals surface area (Å²) in [6.45, 7) is 11.4. The summed E-state index contributed by atoms with van der Waals surface area (Å²) in [5.41, 5.74) is 13.8. The van der Waals surface area contributed by atoms with Crippen molar-refractivity contribution >= 4 is 56.6 Å². The highest BCUT2D eigenvalue weighted by molar-refractivity contribution is 7.22. The van der Waals surface area contributed by atoms with Crippen LogP contribution in [0.2, 0.25) is 5.02 Å². The van der Waals surface area contributed by atoms with Crippen LogP contribution in [0.3, 0.4) is 0 Å². The van der Waals surface area contributed by atoms with Crippen LogP contribution >= 0.6 is 22.9 Å². The monoisotopic (exact) mass is 600 g/mol. The number of nitrogen functional groups attached to an aromatic ring is 1. The van der Waals surface area contributed by atoms with Gasteiger partial charge in [-0.15, -0.1) is 11.3 Å². The number of rotatable bonds is 7. The Morgan fingerprint density at radius 3 is 2.45 bits per heavy atom. The van der Waals surface area contributed by atoms with Crippen LogP contribution in [-0.4, -0.2) is 31.6 Å². The Morgan fingerprint density at radius 2 is 1.83 bits per heavy atom. The average Bonchev–Trinajstić information content (AvgIpc) is 3.48. The topological polar surface area (TPSA) is 114 Å². The van der Waals surface area contributed by atoms with Gasteiger partial charge in [0.25, 0.3) is 0 Å². The summed E-state index contributed by atoms with van der Waals surface area (Å²) in [4.78, 5) is 25.3. The zero-order chi connectivity index (χ0) is 30.3. The molecule has 0 aliphatic heterocycles. The molecule has 4 N–H and O–H groups in total. The zero-order valence-corrected chi connectivity index (χ0v) is 25.9. The summed E-state index contributed by atoms with van der Waals surface area (Å²) in [5.74, 6) is -0.434. The number of H-pyrrole nitrogens is 1. The van der Waals surface area contributed by atoms with Gasteiger partial charge in [0.05, 0.1) is 21.5 Å². The van der Waals surface area contributed by atoms with Crippen LogP contribution in [0, 0.1) is 13.8 Å². The standard InChI is InChI=1S/C33H33ClN4O3S/c1-17(13-22-15-19(3)37-30(22)35)24-16-21(11-12-36-24)31-38-25-14-18(2)26(28(32(39)40)41-33(4,5)6)27(29(25)42-31)20-7-9-23(34)10-8-20/h7-16,28,37H,35H2,1-6H3,(H,39,40). The number of halogens is 1. The summed E-state index contributed by atoms with van der Waals surface area (Å²) in [5, 5.41) is 11.7. The van der Waals surface area contributed by atoms with E-state index in [2.05, 4.69) is 9.97 Å². The van der Waals surface area contributed by atoms with E-state index in [0.29, 0.717) is 16.4 Å². The van der Waals surface area contributed by atoms with Gasteiger partial charge in [0.1, 0.15) is 10.8 Å². The number of benzene rings is 2. The van der Waals surface area contributed by atoms with Crippen molar-refractivity contribution in [3.05, 3.63) is 87.8 Å². The van der Waals surface area contributed by atoms with Crippen LogP contribution < -0.4 is 5.73 Å². The summed E-state index contributed by atoms with van der Waals surface area (Å²) >= 11 is 7.74. The van der Waals surface area contributed by atoms with Crippen molar-refractivity contribution < 1.29 is 14.6 Å². The number of nitrogens with two attached hydrogens (primary N) is 1. The zero-order valence-electron chi connectivity index (χ0n) is 24.4. The highest BCUT2D eigenvalue weighted by atomic mass is 35.5. The van der Waals surface area contributed by atoms with Gasteiger partial charge in [0, 0.05) is 39.2 Å². The molecule has 1 atom stereocenters. The highest BCUT2D eigenvalue weighted by Crippen LogP contribution is 2.44. The molecular formula is C33H33ClN4O3S. The lowest BCUT2D eigenvalue weighted by molar-refractivity contribution is -0.160. The Balaban J connectivity index is 1.68. The highest BCUT2D eigenvalue weighted by Gasteiger charge is 2.32.